The van der Waals surface area contributed by atoms with Gasteiger partial charge >= 0.3 is 6.18 Å². The highest BCUT2D eigenvalue weighted by Gasteiger charge is 2.54. The van der Waals surface area contributed by atoms with Crippen molar-refractivity contribution in [3.63, 3.8) is 0 Å². The number of alkyl halides is 3. The molecule has 1 aliphatic rings. The Morgan fingerprint density at radius 2 is 1.53 bits per heavy atom. The summed E-state index contributed by atoms with van der Waals surface area (Å²) in [4.78, 5) is 42.7. The number of pyridine rings is 1. The van der Waals surface area contributed by atoms with Crippen LogP contribution in [-0.2, 0) is 28.6 Å². The number of ether oxygens (including phenoxy) is 2. The predicted octanol–water partition coefficient (Wildman–Crippen LogP) is 6.26. The Morgan fingerprint density at radius 1 is 0.884 bits per heavy atom. The summed E-state index contributed by atoms with van der Waals surface area (Å²) in [5.41, 5.74) is -0.606. The monoisotopic (exact) mass is 594 g/mol. The fourth-order valence-electron chi connectivity index (χ4n) is 4.93. The van der Waals surface area contributed by atoms with E-state index in [4.69, 9.17) is 9.47 Å². The molecule has 1 saturated carbocycles. The van der Waals surface area contributed by atoms with Gasteiger partial charge in [-0.1, -0.05) is 18.2 Å². The Balaban J connectivity index is 1.30. The van der Waals surface area contributed by atoms with E-state index in [0.717, 1.165) is 18.2 Å². The van der Waals surface area contributed by atoms with Gasteiger partial charge < -0.3 is 14.8 Å². The number of ketones is 2. The molecule has 1 N–H and O–H groups in total. The van der Waals surface area contributed by atoms with E-state index in [1.165, 1.54) is 56.8 Å². The topological polar surface area (TPSA) is 94.6 Å². The Bertz CT molecular complexity index is 1730. The molecule has 7 nitrogen and oxygen atoms in total. The van der Waals surface area contributed by atoms with Gasteiger partial charge in [-0.15, -0.1) is 0 Å². The van der Waals surface area contributed by atoms with Crippen LogP contribution in [0.5, 0.6) is 17.2 Å². The Kier molecular flexibility index (Phi) is 7.92. The van der Waals surface area contributed by atoms with E-state index < -0.39 is 23.0 Å². The van der Waals surface area contributed by atoms with Gasteiger partial charge in [0.2, 0.25) is 0 Å². The summed E-state index contributed by atoms with van der Waals surface area (Å²) in [6, 6.07) is 13.0. The summed E-state index contributed by atoms with van der Waals surface area (Å²) in [5.74, 6) is -1.44. The molecule has 0 unspecified atom stereocenters. The minimum absolute atomic E-state index is 0.125. The van der Waals surface area contributed by atoms with Crippen LogP contribution in [0.4, 0.5) is 17.6 Å². The number of halogens is 4. The molecule has 0 atom stereocenters. The van der Waals surface area contributed by atoms with E-state index in [0.29, 0.717) is 40.6 Å². The lowest BCUT2D eigenvalue weighted by molar-refractivity contribution is -0.137. The molecule has 43 heavy (non-hydrogen) atoms. The quantitative estimate of drug-likeness (QED) is 0.172. The standard InChI is InChI=1S/C32H26F4N2O5/c1-37-30(41)22-16-21-24(17-27(22)42-2)38-12-9-25(21)43-26-8-5-19(13-23(26)33)15-29(40)31(10-11-31)28(39)14-18-3-6-20(7-4-18)32(34,35)36/h3-9,12-13,16-17H,10-11,14-15H2,1-2H3,(H,37,41). The minimum Gasteiger partial charge on any atom is -0.496 e. The molecule has 1 aromatic heterocycles. The van der Waals surface area contributed by atoms with Crippen molar-refractivity contribution in [3.05, 3.63) is 94.9 Å². The number of Topliss-reactive ketones (excluding diaryl/α,β-unsaturated/α-hetero) is 2. The number of hydrogen-bond donors (Lipinski definition) is 1. The largest absolute Gasteiger partial charge is 0.496 e. The summed E-state index contributed by atoms with van der Waals surface area (Å²) in [5, 5.41) is 2.98. The van der Waals surface area contributed by atoms with Crippen LogP contribution in [0.3, 0.4) is 0 Å². The molecule has 1 amide bonds. The molecule has 1 heterocycles. The van der Waals surface area contributed by atoms with Crippen molar-refractivity contribution in [2.24, 2.45) is 5.41 Å². The van der Waals surface area contributed by atoms with E-state index in [2.05, 4.69) is 10.3 Å². The zero-order valence-corrected chi connectivity index (χ0v) is 23.2. The summed E-state index contributed by atoms with van der Waals surface area (Å²) in [7, 11) is 2.91. The molecular weight excluding hydrogens is 568 g/mol. The van der Waals surface area contributed by atoms with E-state index in [1.54, 1.807) is 6.07 Å². The van der Waals surface area contributed by atoms with Crippen LogP contribution in [0.1, 0.15) is 39.9 Å². The minimum atomic E-state index is -4.48. The lowest BCUT2D eigenvalue weighted by atomic mass is 9.87. The molecule has 0 saturated heterocycles. The first-order chi connectivity index (χ1) is 20.4. The van der Waals surface area contributed by atoms with Crippen molar-refractivity contribution in [2.75, 3.05) is 14.2 Å². The van der Waals surface area contributed by atoms with Gasteiger partial charge in [-0.05, 0) is 60.4 Å². The molecule has 0 spiro atoms. The van der Waals surface area contributed by atoms with Crippen LogP contribution in [0, 0.1) is 11.2 Å². The molecule has 5 rings (SSSR count). The molecule has 11 heteroatoms. The second-order valence-electron chi connectivity index (χ2n) is 10.3. The predicted molar refractivity (Wildman–Crippen MR) is 149 cm³/mol. The van der Waals surface area contributed by atoms with Crippen LogP contribution >= 0.6 is 0 Å². The summed E-state index contributed by atoms with van der Waals surface area (Å²) in [6.07, 6.45) is -2.69. The van der Waals surface area contributed by atoms with Crippen molar-refractivity contribution in [2.45, 2.75) is 31.9 Å². The second-order valence-corrected chi connectivity index (χ2v) is 10.3. The first kappa shape index (κ1) is 29.7. The van der Waals surface area contributed by atoms with Gasteiger partial charge in [-0.2, -0.15) is 13.2 Å². The lowest BCUT2D eigenvalue weighted by Gasteiger charge is -2.15. The van der Waals surface area contributed by atoms with Crippen molar-refractivity contribution >= 4 is 28.4 Å². The van der Waals surface area contributed by atoms with E-state index in [9.17, 15) is 27.6 Å². The first-order valence-corrected chi connectivity index (χ1v) is 13.3. The van der Waals surface area contributed by atoms with Crippen molar-refractivity contribution < 1.29 is 41.4 Å². The number of aromatic nitrogens is 1. The maximum absolute atomic E-state index is 15.2. The number of benzene rings is 3. The number of carbonyl (C=O) groups excluding carboxylic acids is 3. The number of amides is 1. The van der Waals surface area contributed by atoms with Crippen LogP contribution < -0.4 is 14.8 Å². The smallest absolute Gasteiger partial charge is 0.416 e. The van der Waals surface area contributed by atoms with E-state index in [1.807, 2.05) is 0 Å². The third-order valence-corrected chi connectivity index (χ3v) is 7.54. The Morgan fingerprint density at radius 3 is 2.12 bits per heavy atom. The molecule has 0 bridgehead atoms. The third-order valence-electron chi connectivity index (χ3n) is 7.54. The molecule has 1 aliphatic carbocycles. The molecule has 1 fully saturated rings. The van der Waals surface area contributed by atoms with E-state index in [-0.39, 0.29) is 47.4 Å². The average molecular weight is 595 g/mol. The SMILES string of the molecule is CNC(=O)c1cc2c(Oc3ccc(CC(=O)C4(C(=O)Cc5ccc(C(F)(F)F)cc5)CC4)cc3F)ccnc2cc1OC. The van der Waals surface area contributed by atoms with Crippen LogP contribution in [-0.4, -0.2) is 36.6 Å². The van der Waals surface area contributed by atoms with Gasteiger partial charge in [0.25, 0.3) is 5.91 Å². The van der Waals surface area contributed by atoms with Crippen molar-refractivity contribution in [3.8, 4) is 17.2 Å². The Labute approximate surface area is 243 Å². The fourth-order valence-corrected chi connectivity index (χ4v) is 4.93. The van der Waals surface area contributed by atoms with Crippen molar-refractivity contribution in [1.82, 2.24) is 10.3 Å². The maximum atomic E-state index is 15.2. The average Bonchev–Trinajstić information content (AvgIpc) is 3.80. The molecule has 4 aromatic rings. The highest BCUT2D eigenvalue weighted by molar-refractivity contribution is 6.11. The van der Waals surface area contributed by atoms with Gasteiger partial charge in [0.15, 0.2) is 23.1 Å². The summed E-state index contributed by atoms with van der Waals surface area (Å²) in [6.45, 7) is 0. The fraction of sp³-hybridized carbons (Fsp3) is 0.250. The van der Waals surface area contributed by atoms with Crippen molar-refractivity contribution in [1.29, 1.82) is 0 Å². The lowest BCUT2D eigenvalue weighted by Crippen LogP contribution is -2.29. The van der Waals surface area contributed by atoms with E-state index >= 15 is 4.39 Å². The van der Waals surface area contributed by atoms with Crippen LogP contribution in [0.2, 0.25) is 0 Å². The highest BCUT2D eigenvalue weighted by Crippen LogP contribution is 2.49. The zero-order chi connectivity index (χ0) is 30.9. The zero-order valence-electron chi connectivity index (χ0n) is 23.2. The molecule has 222 valence electrons. The normalized spacial score (nSPS) is 13.8. The molecular formula is C32H26F4N2O5. The molecule has 0 radical (unpaired) electrons. The number of rotatable bonds is 10. The maximum Gasteiger partial charge on any atom is 0.416 e. The number of nitrogens with one attached hydrogen (secondary N) is 1. The number of carbonyl (C=O) groups is 3. The first-order valence-electron chi connectivity index (χ1n) is 13.3. The van der Waals surface area contributed by atoms with Gasteiger partial charge in [0, 0.05) is 37.5 Å². The number of nitrogens with zero attached hydrogens (tertiary/aromatic N) is 1. The van der Waals surface area contributed by atoms with Crippen LogP contribution in [0.15, 0.2) is 66.9 Å². The van der Waals surface area contributed by atoms with Gasteiger partial charge in [0.05, 0.1) is 29.2 Å². The Hall–Kier alpha value is -4.80. The van der Waals surface area contributed by atoms with Gasteiger partial charge in [0.1, 0.15) is 11.5 Å². The van der Waals surface area contributed by atoms with Gasteiger partial charge in [-0.3, -0.25) is 19.4 Å². The second kappa shape index (κ2) is 11.5. The highest BCUT2D eigenvalue weighted by atomic mass is 19.4. The summed E-state index contributed by atoms with van der Waals surface area (Å²) < 4.78 is 64.8. The van der Waals surface area contributed by atoms with Crippen LogP contribution in [0.25, 0.3) is 10.9 Å². The number of fused-ring (bicyclic) bond motifs is 1. The molecule has 0 aliphatic heterocycles. The number of hydrogen-bond acceptors (Lipinski definition) is 6. The number of methoxy groups -OCH3 is 1. The third kappa shape index (κ3) is 6.06. The van der Waals surface area contributed by atoms with Gasteiger partial charge in [-0.25, -0.2) is 4.39 Å². The summed E-state index contributed by atoms with van der Waals surface area (Å²) >= 11 is 0. The molecule has 3 aromatic carbocycles.